The fourth-order valence-electron chi connectivity index (χ4n) is 3.61. The molecule has 2 aliphatic rings. The first-order valence-corrected chi connectivity index (χ1v) is 9.24. The Labute approximate surface area is 162 Å². The molecule has 0 N–H and O–H groups in total. The topological polar surface area (TPSA) is 55.8 Å². The third kappa shape index (κ3) is 3.26. The Balaban J connectivity index is 1.49. The highest BCUT2D eigenvalue weighted by Crippen LogP contribution is 2.37. The second-order valence-electron chi connectivity index (χ2n) is 6.86. The van der Waals surface area contributed by atoms with Crippen LogP contribution in [-0.2, 0) is 16.2 Å². The number of benzene rings is 2. The number of rotatable bonds is 5. The molecule has 0 radical (unpaired) electrons. The minimum Gasteiger partial charge on any atom is -0.497 e. The Morgan fingerprint density at radius 3 is 2.11 bits per heavy atom. The fourth-order valence-corrected chi connectivity index (χ4v) is 3.61. The Bertz CT molecular complexity index is 937. The monoisotopic (exact) mass is 381 g/mol. The van der Waals surface area contributed by atoms with E-state index in [1.807, 2.05) is 24.3 Å². The number of carbonyl (C=O) groups excluding carboxylic acids is 2. The van der Waals surface area contributed by atoms with Gasteiger partial charge in [-0.25, -0.2) is 9.29 Å². The van der Waals surface area contributed by atoms with Crippen molar-refractivity contribution in [3.05, 3.63) is 65.0 Å². The molecule has 4 rings (SSSR count). The fraction of sp³-hybridized carbons (Fsp3) is 0.273. The molecule has 28 heavy (non-hydrogen) atoms. The Morgan fingerprint density at radius 1 is 0.929 bits per heavy atom. The second kappa shape index (κ2) is 7.46. The first-order valence-electron chi connectivity index (χ1n) is 9.24. The third-order valence-electron chi connectivity index (χ3n) is 5.11. The zero-order valence-electron chi connectivity index (χ0n) is 15.5. The van der Waals surface area contributed by atoms with E-state index < -0.39 is 17.6 Å². The van der Waals surface area contributed by atoms with Gasteiger partial charge in [0.25, 0.3) is 11.8 Å². The van der Waals surface area contributed by atoms with E-state index in [2.05, 4.69) is 0 Å². The SMILES string of the molecule is COc1ccc(COc2ccc(N3C(=O)C4=C(CCCC4)C3=O)c(F)c2)cc1. The third-order valence-corrected chi connectivity index (χ3v) is 5.11. The van der Waals surface area contributed by atoms with Crippen LogP contribution in [0.3, 0.4) is 0 Å². The number of hydrogen-bond donors (Lipinski definition) is 0. The lowest BCUT2D eigenvalue weighted by Crippen LogP contribution is -2.32. The van der Waals surface area contributed by atoms with Crippen LogP contribution in [0.4, 0.5) is 10.1 Å². The molecular weight excluding hydrogens is 361 g/mol. The average Bonchev–Trinajstić information content (AvgIpc) is 2.98. The second-order valence-corrected chi connectivity index (χ2v) is 6.86. The number of hydrogen-bond acceptors (Lipinski definition) is 4. The molecular formula is C22H20FNO4. The van der Waals surface area contributed by atoms with Crippen LogP contribution in [0.15, 0.2) is 53.6 Å². The minimum atomic E-state index is -0.659. The van der Waals surface area contributed by atoms with E-state index in [0.717, 1.165) is 29.1 Å². The van der Waals surface area contributed by atoms with Crippen LogP contribution in [0.5, 0.6) is 11.5 Å². The number of halogens is 1. The summed E-state index contributed by atoms with van der Waals surface area (Å²) < 4.78 is 25.4. The van der Waals surface area contributed by atoms with Gasteiger partial charge in [-0.2, -0.15) is 0 Å². The van der Waals surface area contributed by atoms with Crippen molar-refractivity contribution < 1.29 is 23.5 Å². The van der Waals surface area contributed by atoms with Gasteiger partial charge >= 0.3 is 0 Å². The molecule has 0 fully saturated rings. The maximum atomic E-state index is 14.7. The maximum absolute atomic E-state index is 14.7. The van der Waals surface area contributed by atoms with Crippen LogP contribution in [0.25, 0.3) is 0 Å². The molecule has 2 amide bonds. The molecule has 1 heterocycles. The van der Waals surface area contributed by atoms with Gasteiger partial charge in [0, 0.05) is 17.2 Å². The number of carbonyl (C=O) groups is 2. The zero-order valence-corrected chi connectivity index (χ0v) is 15.5. The molecule has 144 valence electrons. The molecule has 0 spiro atoms. The van der Waals surface area contributed by atoms with E-state index in [9.17, 15) is 14.0 Å². The van der Waals surface area contributed by atoms with Gasteiger partial charge in [0.05, 0.1) is 12.8 Å². The zero-order chi connectivity index (χ0) is 19.7. The standard InChI is InChI=1S/C22H20FNO4/c1-27-15-8-6-14(7-9-15)13-28-16-10-11-20(19(23)12-16)24-21(25)17-4-2-3-5-18(17)22(24)26/h6-12H,2-5,13H2,1H3. The first kappa shape index (κ1) is 18.2. The summed E-state index contributed by atoms with van der Waals surface area (Å²) in [5, 5.41) is 0. The summed E-state index contributed by atoms with van der Waals surface area (Å²) >= 11 is 0. The van der Waals surface area contributed by atoms with Crippen molar-refractivity contribution in [3.8, 4) is 11.5 Å². The number of methoxy groups -OCH3 is 1. The Kier molecular flexibility index (Phi) is 4.86. The normalized spacial score (nSPS) is 16.4. The number of amides is 2. The molecule has 1 aliphatic heterocycles. The van der Waals surface area contributed by atoms with Crippen LogP contribution in [0, 0.1) is 5.82 Å². The van der Waals surface area contributed by atoms with E-state index in [-0.39, 0.29) is 12.3 Å². The van der Waals surface area contributed by atoms with Crippen LogP contribution >= 0.6 is 0 Å². The molecule has 5 nitrogen and oxygen atoms in total. The van der Waals surface area contributed by atoms with Gasteiger partial charge in [0.15, 0.2) is 5.82 Å². The lowest BCUT2D eigenvalue weighted by molar-refractivity contribution is -0.120. The van der Waals surface area contributed by atoms with Crippen molar-refractivity contribution in [1.29, 1.82) is 0 Å². The molecule has 0 saturated carbocycles. The van der Waals surface area contributed by atoms with Crippen molar-refractivity contribution >= 4 is 17.5 Å². The van der Waals surface area contributed by atoms with Gasteiger partial charge in [0.1, 0.15) is 18.1 Å². The maximum Gasteiger partial charge on any atom is 0.261 e. The van der Waals surface area contributed by atoms with Gasteiger partial charge in [-0.05, 0) is 55.5 Å². The summed E-state index contributed by atoms with van der Waals surface area (Å²) in [4.78, 5) is 26.1. The van der Waals surface area contributed by atoms with Gasteiger partial charge < -0.3 is 9.47 Å². The largest absolute Gasteiger partial charge is 0.497 e. The smallest absolute Gasteiger partial charge is 0.261 e. The Hall–Kier alpha value is -3.15. The van der Waals surface area contributed by atoms with Gasteiger partial charge in [-0.15, -0.1) is 0 Å². The summed E-state index contributed by atoms with van der Waals surface area (Å²) in [6.07, 6.45) is 2.93. The molecule has 0 unspecified atom stereocenters. The molecule has 2 aromatic rings. The highest BCUT2D eigenvalue weighted by molar-refractivity contribution is 6.33. The van der Waals surface area contributed by atoms with Crippen molar-refractivity contribution in [1.82, 2.24) is 0 Å². The van der Waals surface area contributed by atoms with Crippen molar-refractivity contribution in [2.75, 3.05) is 12.0 Å². The summed E-state index contributed by atoms with van der Waals surface area (Å²) in [5.74, 6) is -0.380. The van der Waals surface area contributed by atoms with Crippen molar-refractivity contribution in [3.63, 3.8) is 0 Å². The first-order chi connectivity index (χ1) is 13.6. The highest BCUT2D eigenvalue weighted by Gasteiger charge is 2.40. The summed E-state index contributed by atoms with van der Waals surface area (Å²) in [5.41, 5.74) is 1.96. The molecule has 0 bridgehead atoms. The van der Waals surface area contributed by atoms with E-state index in [0.29, 0.717) is 29.7 Å². The van der Waals surface area contributed by atoms with Crippen LogP contribution < -0.4 is 14.4 Å². The summed E-state index contributed by atoms with van der Waals surface area (Å²) in [6.45, 7) is 0.264. The van der Waals surface area contributed by atoms with Crippen LogP contribution in [0.1, 0.15) is 31.2 Å². The molecule has 0 aromatic heterocycles. The van der Waals surface area contributed by atoms with E-state index in [1.54, 1.807) is 13.2 Å². The van der Waals surface area contributed by atoms with Gasteiger partial charge in [-0.3, -0.25) is 9.59 Å². The van der Waals surface area contributed by atoms with Crippen LogP contribution in [-0.4, -0.2) is 18.9 Å². The number of nitrogens with zero attached hydrogens (tertiary/aromatic N) is 1. The van der Waals surface area contributed by atoms with Gasteiger partial charge in [-0.1, -0.05) is 12.1 Å². The molecule has 1 aliphatic carbocycles. The molecule has 6 heteroatoms. The number of imide groups is 1. The number of anilines is 1. The molecule has 0 atom stereocenters. The van der Waals surface area contributed by atoms with E-state index in [4.69, 9.17) is 9.47 Å². The predicted octanol–water partition coefficient (Wildman–Crippen LogP) is 4.16. The van der Waals surface area contributed by atoms with E-state index in [1.165, 1.54) is 12.1 Å². The molecule has 0 saturated heterocycles. The van der Waals surface area contributed by atoms with Crippen molar-refractivity contribution in [2.45, 2.75) is 32.3 Å². The van der Waals surface area contributed by atoms with Crippen LogP contribution in [0.2, 0.25) is 0 Å². The number of ether oxygens (including phenoxy) is 2. The highest BCUT2D eigenvalue weighted by atomic mass is 19.1. The molecule has 2 aromatic carbocycles. The van der Waals surface area contributed by atoms with Crippen molar-refractivity contribution in [2.24, 2.45) is 0 Å². The average molecular weight is 381 g/mol. The van der Waals surface area contributed by atoms with E-state index >= 15 is 0 Å². The Morgan fingerprint density at radius 2 is 1.54 bits per heavy atom. The summed E-state index contributed by atoms with van der Waals surface area (Å²) in [6, 6.07) is 11.6. The quantitative estimate of drug-likeness (QED) is 0.730. The van der Waals surface area contributed by atoms with Gasteiger partial charge in [0.2, 0.25) is 0 Å². The lowest BCUT2D eigenvalue weighted by Gasteiger charge is -2.17. The summed E-state index contributed by atoms with van der Waals surface area (Å²) in [7, 11) is 1.59. The predicted molar refractivity (Wildman–Crippen MR) is 102 cm³/mol. The lowest BCUT2D eigenvalue weighted by atomic mass is 9.93. The minimum absolute atomic E-state index is 0.0267.